The number of rotatable bonds is 5. The van der Waals surface area contributed by atoms with E-state index in [4.69, 9.17) is 0 Å². The molecule has 150 valence electrons. The van der Waals surface area contributed by atoms with E-state index in [-0.39, 0.29) is 11.9 Å². The SMILES string of the molecule is CCCN(C)C(=O)c1sc(C2CCN(C(=O)Nc3ccccc3)CC2)nc1C. The molecule has 1 aromatic heterocycles. The van der Waals surface area contributed by atoms with E-state index in [0.717, 1.165) is 47.1 Å². The number of hydrogen-bond acceptors (Lipinski definition) is 4. The molecule has 1 aliphatic heterocycles. The van der Waals surface area contributed by atoms with Crippen LogP contribution in [0.4, 0.5) is 10.5 Å². The number of urea groups is 1. The fraction of sp³-hybridized carbons (Fsp3) is 0.476. The molecule has 0 radical (unpaired) electrons. The second kappa shape index (κ2) is 9.19. The number of para-hydroxylation sites is 1. The number of benzene rings is 1. The molecule has 6 nitrogen and oxygen atoms in total. The fourth-order valence-electron chi connectivity index (χ4n) is 3.45. The van der Waals surface area contributed by atoms with Crippen molar-refractivity contribution in [3.8, 4) is 0 Å². The van der Waals surface area contributed by atoms with Crippen molar-refractivity contribution >= 4 is 29.0 Å². The van der Waals surface area contributed by atoms with Gasteiger partial charge < -0.3 is 15.1 Å². The molecular weight excluding hydrogens is 372 g/mol. The maximum atomic E-state index is 12.6. The monoisotopic (exact) mass is 400 g/mol. The van der Waals surface area contributed by atoms with E-state index in [9.17, 15) is 9.59 Å². The van der Waals surface area contributed by atoms with Gasteiger partial charge in [-0.15, -0.1) is 11.3 Å². The predicted octanol–water partition coefficient (Wildman–Crippen LogP) is 4.35. The number of anilines is 1. The standard InChI is InChI=1S/C21H28N4O2S/c1-4-12-24(3)20(26)18-15(2)22-19(28-18)16-10-13-25(14-11-16)21(27)23-17-8-6-5-7-9-17/h5-9,16H,4,10-14H2,1-3H3,(H,23,27). The molecule has 7 heteroatoms. The van der Waals surface area contributed by atoms with Crippen molar-refractivity contribution in [1.29, 1.82) is 0 Å². The molecular formula is C21H28N4O2S. The number of carbonyl (C=O) groups is 2. The molecule has 0 atom stereocenters. The van der Waals surface area contributed by atoms with Crippen molar-refractivity contribution in [2.24, 2.45) is 0 Å². The minimum Gasteiger partial charge on any atom is -0.341 e. The van der Waals surface area contributed by atoms with Crippen LogP contribution in [-0.2, 0) is 0 Å². The molecule has 3 rings (SSSR count). The van der Waals surface area contributed by atoms with E-state index in [1.54, 1.807) is 4.90 Å². The molecule has 3 amide bonds. The van der Waals surface area contributed by atoms with Crippen molar-refractivity contribution in [2.45, 2.75) is 39.0 Å². The summed E-state index contributed by atoms with van der Waals surface area (Å²) < 4.78 is 0. The number of thiazole rings is 1. The van der Waals surface area contributed by atoms with Crippen molar-refractivity contribution < 1.29 is 9.59 Å². The number of nitrogens with zero attached hydrogens (tertiary/aromatic N) is 3. The van der Waals surface area contributed by atoms with Gasteiger partial charge in [0, 0.05) is 38.3 Å². The number of aromatic nitrogens is 1. The summed E-state index contributed by atoms with van der Waals surface area (Å²) in [4.78, 5) is 34.1. The molecule has 1 aliphatic rings. The lowest BCUT2D eigenvalue weighted by atomic mass is 9.98. The van der Waals surface area contributed by atoms with Gasteiger partial charge in [-0.2, -0.15) is 0 Å². The van der Waals surface area contributed by atoms with Gasteiger partial charge in [0.25, 0.3) is 5.91 Å². The van der Waals surface area contributed by atoms with Crippen LogP contribution in [0.3, 0.4) is 0 Å². The minimum atomic E-state index is -0.0583. The summed E-state index contributed by atoms with van der Waals surface area (Å²) in [7, 11) is 1.84. The highest BCUT2D eigenvalue weighted by Crippen LogP contribution is 2.33. The summed E-state index contributed by atoms with van der Waals surface area (Å²) in [5.41, 5.74) is 1.63. The van der Waals surface area contributed by atoms with E-state index in [2.05, 4.69) is 17.2 Å². The summed E-state index contributed by atoms with van der Waals surface area (Å²) in [5, 5.41) is 3.96. The van der Waals surface area contributed by atoms with Crippen LogP contribution in [0.2, 0.25) is 0 Å². The van der Waals surface area contributed by atoms with E-state index in [1.165, 1.54) is 11.3 Å². The Morgan fingerprint density at radius 3 is 2.57 bits per heavy atom. The summed E-state index contributed by atoms with van der Waals surface area (Å²) in [6, 6.07) is 9.45. The maximum absolute atomic E-state index is 12.6. The van der Waals surface area contributed by atoms with Gasteiger partial charge in [0.05, 0.1) is 10.7 Å². The third kappa shape index (κ3) is 4.70. The van der Waals surface area contributed by atoms with Crippen LogP contribution in [0.15, 0.2) is 30.3 Å². The van der Waals surface area contributed by atoms with Crippen LogP contribution in [0, 0.1) is 6.92 Å². The molecule has 0 bridgehead atoms. The first kappa shape index (κ1) is 20.3. The van der Waals surface area contributed by atoms with Gasteiger partial charge in [-0.3, -0.25) is 4.79 Å². The molecule has 2 aromatic rings. The fourth-order valence-corrected chi connectivity index (χ4v) is 4.68. The van der Waals surface area contributed by atoms with E-state index in [1.807, 2.05) is 49.2 Å². The van der Waals surface area contributed by atoms with Crippen LogP contribution >= 0.6 is 11.3 Å². The summed E-state index contributed by atoms with van der Waals surface area (Å²) in [5.74, 6) is 0.366. The number of nitrogens with one attached hydrogen (secondary N) is 1. The van der Waals surface area contributed by atoms with E-state index in [0.29, 0.717) is 19.0 Å². The Morgan fingerprint density at radius 2 is 1.93 bits per heavy atom. The first-order chi connectivity index (χ1) is 13.5. The molecule has 28 heavy (non-hydrogen) atoms. The Bertz CT molecular complexity index is 813. The second-order valence-electron chi connectivity index (χ2n) is 7.25. The highest BCUT2D eigenvalue weighted by molar-refractivity contribution is 7.13. The number of amides is 3. The van der Waals surface area contributed by atoms with Gasteiger partial charge in [0.1, 0.15) is 4.88 Å². The first-order valence-electron chi connectivity index (χ1n) is 9.83. The van der Waals surface area contributed by atoms with Crippen LogP contribution in [0.1, 0.15) is 52.5 Å². The third-order valence-corrected chi connectivity index (χ3v) is 6.38. The zero-order chi connectivity index (χ0) is 20.1. The highest BCUT2D eigenvalue weighted by atomic mass is 32.1. The van der Waals surface area contributed by atoms with Crippen molar-refractivity contribution in [3.05, 3.63) is 45.9 Å². The average molecular weight is 401 g/mol. The number of likely N-dealkylation sites (tertiary alicyclic amines) is 1. The summed E-state index contributed by atoms with van der Waals surface area (Å²) in [6.07, 6.45) is 2.68. The number of piperidine rings is 1. The number of hydrogen-bond donors (Lipinski definition) is 1. The second-order valence-corrected chi connectivity index (χ2v) is 8.28. The van der Waals surface area contributed by atoms with Gasteiger partial charge in [-0.05, 0) is 38.3 Å². The molecule has 1 N–H and O–H groups in total. The van der Waals surface area contributed by atoms with Gasteiger partial charge in [-0.25, -0.2) is 9.78 Å². The first-order valence-corrected chi connectivity index (χ1v) is 10.6. The number of aryl methyl sites for hydroxylation is 1. The summed E-state index contributed by atoms with van der Waals surface area (Å²) in [6.45, 7) is 6.12. The number of carbonyl (C=O) groups excluding carboxylic acids is 2. The average Bonchev–Trinajstić information content (AvgIpc) is 3.10. The van der Waals surface area contributed by atoms with Crippen LogP contribution in [0.25, 0.3) is 0 Å². The molecule has 0 saturated carbocycles. The topological polar surface area (TPSA) is 65.5 Å². The molecule has 0 unspecified atom stereocenters. The third-order valence-electron chi connectivity index (χ3n) is 5.07. The Hall–Kier alpha value is -2.41. The van der Waals surface area contributed by atoms with Gasteiger partial charge in [0.2, 0.25) is 0 Å². The molecule has 1 saturated heterocycles. The van der Waals surface area contributed by atoms with Gasteiger partial charge in [-0.1, -0.05) is 25.1 Å². The van der Waals surface area contributed by atoms with Crippen molar-refractivity contribution in [3.63, 3.8) is 0 Å². The molecule has 0 aliphatic carbocycles. The highest BCUT2D eigenvalue weighted by Gasteiger charge is 2.28. The van der Waals surface area contributed by atoms with Crippen molar-refractivity contribution in [1.82, 2.24) is 14.8 Å². The molecule has 1 fully saturated rings. The zero-order valence-electron chi connectivity index (χ0n) is 16.8. The lowest BCUT2D eigenvalue weighted by molar-refractivity contribution is 0.0799. The zero-order valence-corrected chi connectivity index (χ0v) is 17.6. The Kier molecular flexibility index (Phi) is 6.67. The molecule has 1 aromatic carbocycles. The maximum Gasteiger partial charge on any atom is 0.321 e. The quantitative estimate of drug-likeness (QED) is 0.812. The Balaban J connectivity index is 1.58. The minimum absolute atomic E-state index is 0.0581. The van der Waals surface area contributed by atoms with Crippen molar-refractivity contribution in [2.75, 3.05) is 32.0 Å². The summed E-state index contributed by atoms with van der Waals surface area (Å²) >= 11 is 1.52. The Morgan fingerprint density at radius 1 is 1.25 bits per heavy atom. The molecule has 0 spiro atoms. The Labute approximate surface area is 170 Å². The van der Waals surface area contributed by atoms with Crippen LogP contribution in [-0.4, -0.2) is 53.4 Å². The van der Waals surface area contributed by atoms with E-state index >= 15 is 0 Å². The lowest BCUT2D eigenvalue weighted by Crippen LogP contribution is -2.40. The molecule has 2 heterocycles. The predicted molar refractivity (Wildman–Crippen MR) is 113 cm³/mol. The van der Waals surface area contributed by atoms with E-state index < -0.39 is 0 Å². The smallest absolute Gasteiger partial charge is 0.321 e. The van der Waals surface area contributed by atoms with Gasteiger partial charge >= 0.3 is 6.03 Å². The van der Waals surface area contributed by atoms with Gasteiger partial charge in [0.15, 0.2) is 0 Å². The largest absolute Gasteiger partial charge is 0.341 e. The van der Waals surface area contributed by atoms with Crippen LogP contribution < -0.4 is 5.32 Å². The lowest BCUT2D eigenvalue weighted by Gasteiger charge is -2.31. The normalized spacial score (nSPS) is 14.8. The van der Waals surface area contributed by atoms with Crippen LogP contribution in [0.5, 0.6) is 0 Å².